The molecule has 0 unspecified atom stereocenters. The Morgan fingerprint density at radius 1 is 1.40 bits per heavy atom. The lowest BCUT2D eigenvalue weighted by atomic mass is 10.1. The molecule has 78 valence electrons. The fraction of sp³-hybridized carbons (Fsp3) is 0.417. The number of rotatable bonds is 3. The van der Waals surface area contributed by atoms with Crippen molar-refractivity contribution in [1.82, 2.24) is 9.38 Å². The molecule has 1 N–H and O–H groups in total. The summed E-state index contributed by atoms with van der Waals surface area (Å²) in [5.41, 5.74) is 1.69. The van der Waals surface area contributed by atoms with Gasteiger partial charge in [0.05, 0.1) is 11.3 Å². The molecule has 0 bridgehead atoms. The molecule has 1 saturated carbocycles. The van der Waals surface area contributed by atoms with Gasteiger partial charge in [-0.25, -0.2) is 4.98 Å². The summed E-state index contributed by atoms with van der Waals surface area (Å²) in [6, 6.07) is 5.97. The van der Waals surface area contributed by atoms with Gasteiger partial charge in [-0.3, -0.25) is 0 Å². The van der Waals surface area contributed by atoms with Crippen molar-refractivity contribution in [3.8, 4) is 0 Å². The second-order valence-corrected chi connectivity index (χ2v) is 4.42. The van der Waals surface area contributed by atoms with E-state index in [1.807, 2.05) is 35.0 Å². The van der Waals surface area contributed by atoms with Gasteiger partial charge in [0.2, 0.25) is 0 Å². The van der Waals surface area contributed by atoms with Gasteiger partial charge in [0.15, 0.2) is 0 Å². The predicted molar refractivity (Wildman–Crippen MR) is 57.7 cm³/mol. The van der Waals surface area contributed by atoms with E-state index in [1.54, 1.807) is 0 Å². The van der Waals surface area contributed by atoms with Crippen LogP contribution in [0.2, 0.25) is 0 Å². The first-order chi connectivity index (χ1) is 7.25. The molecule has 1 fully saturated rings. The van der Waals surface area contributed by atoms with E-state index < -0.39 is 0 Å². The Labute approximate surface area is 88.4 Å². The third kappa shape index (κ3) is 1.75. The molecule has 0 saturated heterocycles. The maximum absolute atomic E-state index is 9.73. The molecule has 15 heavy (non-hydrogen) atoms. The lowest BCUT2D eigenvalue weighted by molar-refractivity contribution is 0.140. The average molecular weight is 202 g/mol. The number of hydrogen-bond donors (Lipinski definition) is 1. The first-order valence-corrected chi connectivity index (χ1v) is 5.40. The third-order valence-corrected chi connectivity index (χ3v) is 3.09. The van der Waals surface area contributed by atoms with Crippen molar-refractivity contribution in [3.63, 3.8) is 0 Å². The van der Waals surface area contributed by atoms with Crippen molar-refractivity contribution in [2.45, 2.75) is 31.3 Å². The monoisotopic (exact) mass is 202 g/mol. The molecule has 2 aromatic rings. The molecule has 1 aliphatic rings. The van der Waals surface area contributed by atoms with Crippen LogP contribution in [0.1, 0.15) is 25.0 Å². The standard InChI is InChI=1S/C12H14N2O/c15-12(6-7-12)5-4-10-9-14-8-2-1-3-11(14)13-10/h1-3,8-9,15H,4-7H2. The molecule has 0 atom stereocenters. The number of aromatic nitrogens is 2. The Hall–Kier alpha value is -1.35. The van der Waals surface area contributed by atoms with Gasteiger partial charge < -0.3 is 9.51 Å². The van der Waals surface area contributed by atoms with E-state index in [1.165, 1.54) is 0 Å². The minimum atomic E-state index is -0.365. The summed E-state index contributed by atoms with van der Waals surface area (Å²) in [4.78, 5) is 4.50. The van der Waals surface area contributed by atoms with Gasteiger partial charge in [0.25, 0.3) is 0 Å². The highest BCUT2D eigenvalue weighted by atomic mass is 16.3. The summed E-state index contributed by atoms with van der Waals surface area (Å²) in [6.07, 6.45) is 7.68. The maximum Gasteiger partial charge on any atom is 0.136 e. The summed E-state index contributed by atoms with van der Waals surface area (Å²) in [7, 11) is 0. The highest BCUT2D eigenvalue weighted by Gasteiger charge is 2.39. The maximum atomic E-state index is 9.73. The first kappa shape index (κ1) is 8.92. The third-order valence-electron chi connectivity index (χ3n) is 3.09. The molecular weight excluding hydrogens is 188 g/mol. The normalized spacial score (nSPS) is 18.2. The average Bonchev–Trinajstić information content (AvgIpc) is 2.83. The summed E-state index contributed by atoms with van der Waals surface area (Å²) < 4.78 is 2.02. The Kier molecular flexibility index (Phi) is 1.83. The van der Waals surface area contributed by atoms with Crippen molar-refractivity contribution in [2.75, 3.05) is 0 Å². The van der Waals surface area contributed by atoms with E-state index in [0.717, 1.165) is 37.0 Å². The fourth-order valence-corrected chi connectivity index (χ4v) is 1.86. The van der Waals surface area contributed by atoms with Crippen LogP contribution in [0.4, 0.5) is 0 Å². The molecule has 0 radical (unpaired) electrons. The van der Waals surface area contributed by atoms with E-state index in [0.29, 0.717) is 0 Å². The molecule has 2 aromatic heterocycles. The van der Waals surface area contributed by atoms with Gasteiger partial charge in [-0.15, -0.1) is 0 Å². The number of nitrogens with zero attached hydrogens (tertiary/aromatic N) is 2. The topological polar surface area (TPSA) is 37.5 Å². The number of aliphatic hydroxyl groups is 1. The summed E-state index contributed by atoms with van der Waals surface area (Å²) >= 11 is 0. The lowest BCUT2D eigenvalue weighted by Gasteiger charge is -2.03. The number of pyridine rings is 1. The molecule has 0 aromatic carbocycles. The van der Waals surface area contributed by atoms with Crippen molar-refractivity contribution in [1.29, 1.82) is 0 Å². The van der Waals surface area contributed by atoms with E-state index in [2.05, 4.69) is 4.98 Å². The fourth-order valence-electron chi connectivity index (χ4n) is 1.86. The minimum absolute atomic E-state index is 0.365. The number of fused-ring (bicyclic) bond motifs is 1. The van der Waals surface area contributed by atoms with Crippen LogP contribution in [0.25, 0.3) is 5.65 Å². The molecule has 2 heterocycles. The predicted octanol–water partition coefficient (Wildman–Crippen LogP) is 1.79. The highest BCUT2D eigenvalue weighted by Crippen LogP contribution is 2.39. The van der Waals surface area contributed by atoms with Crippen LogP contribution in [-0.2, 0) is 6.42 Å². The second kappa shape index (κ2) is 3.07. The number of hydrogen-bond acceptors (Lipinski definition) is 2. The first-order valence-electron chi connectivity index (χ1n) is 5.40. The largest absolute Gasteiger partial charge is 0.390 e. The summed E-state index contributed by atoms with van der Waals surface area (Å²) in [5.74, 6) is 0. The van der Waals surface area contributed by atoms with Crippen molar-refractivity contribution < 1.29 is 5.11 Å². The molecule has 0 aliphatic heterocycles. The van der Waals surface area contributed by atoms with Gasteiger partial charge in [0.1, 0.15) is 5.65 Å². The summed E-state index contributed by atoms with van der Waals surface area (Å²) in [5, 5.41) is 9.73. The van der Waals surface area contributed by atoms with E-state index in [9.17, 15) is 5.11 Å². The van der Waals surface area contributed by atoms with Crippen LogP contribution in [0.5, 0.6) is 0 Å². The van der Waals surface area contributed by atoms with Gasteiger partial charge >= 0.3 is 0 Å². The van der Waals surface area contributed by atoms with Crippen LogP contribution in [0, 0.1) is 0 Å². The zero-order valence-electron chi connectivity index (χ0n) is 8.56. The Bertz CT molecular complexity index is 452. The molecule has 1 aliphatic carbocycles. The quantitative estimate of drug-likeness (QED) is 0.824. The minimum Gasteiger partial charge on any atom is -0.390 e. The van der Waals surface area contributed by atoms with Crippen LogP contribution in [0.15, 0.2) is 30.6 Å². The van der Waals surface area contributed by atoms with Crippen molar-refractivity contribution in [3.05, 3.63) is 36.3 Å². The Balaban J connectivity index is 1.79. The Morgan fingerprint density at radius 2 is 2.27 bits per heavy atom. The van der Waals surface area contributed by atoms with Crippen LogP contribution >= 0.6 is 0 Å². The Morgan fingerprint density at radius 3 is 3.00 bits per heavy atom. The van der Waals surface area contributed by atoms with Gasteiger partial charge in [-0.2, -0.15) is 0 Å². The molecule has 0 amide bonds. The van der Waals surface area contributed by atoms with Crippen LogP contribution in [0.3, 0.4) is 0 Å². The summed E-state index contributed by atoms with van der Waals surface area (Å²) in [6.45, 7) is 0. The van der Waals surface area contributed by atoms with E-state index in [-0.39, 0.29) is 5.60 Å². The SMILES string of the molecule is OC1(CCc2cn3ccccc3n2)CC1. The molecule has 3 rings (SSSR count). The molecule has 3 nitrogen and oxygen atoms in total. The van der Waals surface area contributed by atoms with E-state index in [4.69, 9.17) is 0 Å². The second-order valence-electron chi connectivity index (χ2n) is 4.42. The highest BCUT2D eigenvalue weighted by molar-refractivity contribution is 5.39. The van der Waals surface area contributed by atoms with Gasteiger partial charge in [0, 0.05) is 12.4 Å². The van der Waals surface area contributed by atoms with Crippen LogP contribution in [-0.4, -0.2) is 20.1 Å². The molecular formula is C12H14N2O. The smallest absolute Gasteiger partial charge is 0.136 e. The zero-order valence-corrected chi connectivity index (χ0v) is 8.56. The van der Waals surface area contributed by atoms with E-state index >= 15 is 0 Å². The van der Waals surface area contributed by atoms with Gasteiger partial charge in [-0.05, 0) is 37.8 Å². The lowest BCUT2D eigenvalue weighted by Crippen LogP contribution is -2.07. The number of imidazole rings is 1. The van der Waals surface area contributed by atoms with Crippen molar-refractivity contribution in [2.24, 2.45) is 0 Å². The van der Waals surface area contributed by atoms with Crippen molar-refractivity contribution >= 4 is 5.65 Å². The molecule has 0 spiro atoms. The molecule has 3 heteroatoms. The number of aryl methyl sites for hydroxylation is 1. The van der Waals surface area contributed by atoms with Gasteiger partial charge in [-0.1, -0.05) is 6.07 Å². The van der Waals surface area contributed by atoms with Crippen LogP contribution < -0.4 is 0 Å². The zero-order chi connectivity index (χ0) is 10.3.